The first-order valence-electron chi connectivity index (χ1n) is 7.37. The lowest BCUT2D eigenvalue weighted by atomic mass is 9.88. The topological polar surface area (TPSA) is 15.3 Å². The molecule has 2 unspecified atom stereocenters. The van der Waals surface area contributed by atoms with E-state index in [2.05, 4.69) is 57.3 Å². The predicted molar refractivity (Wildman–Crippen MR) is 90.5 cm³/mol. The maximum absolute atomic E-state index is 3.53. The van der Waals surface area contributed by atoms with Gasteiger partial charge in [-0.1, -0.05) is 35.0 Å². The van der Waals surface area contributed by atoms with E-state index >= 15 is 0 Å². The number of nitrogens with one attached hydrogen (secondary N) is 1. The number of hydrogen-bond donors (Lipinski definition) is 1. The number of benzene rings is 1. The molecule has 0 bridgehead atoms. The fraction of sp³-hybridized carbons (Fsp3) is 0.625. The monoisotopic (exact) mass is 358 g/mol. The van der Waals surface area contributed by atoms with Gasteiger partial charge in [-0.2, -0.15) is 0 Å². The first-order valence-corrected chi connectivity index (χ1v) is 8.16. The highest BCUT2D eigenvalue weighted by Gasteiger charge is 2.35. The van der Waals surface area contributed by atoms with Gasteiger partial charge in [0.2, 0.25) is 0 Å². The molecule has 2 aliphatic rings. The van der Waals surface area contributed by atoms with Gasteiger partial charge >= 0.3 is 0 Å². The van der Waals surface area contributed by atoms with Crippen LogP contribution in [0.15, 0.2) is 28.7 Å². The highest BCUT2D eigenvalue weighted by Crippen LogP contribution is 2.36. The summed E-state index contributed by atoms with van der Waals surface area (Å²) in [4.78, 5) is 2.70. The fourth-order valence-electron chi connectivity index (χ4n) is 3.57. The summed E-state index contributed by atoms with van der Waals surface area (Å²) in [5.41, 5.74) is 1.95. The number of hydrogen-bond acceptors (Lipinski definition) is 2. The molecule has 0 aliphatic carbocycles. The van der Waals surface area contributed by atoms with Crippen molar-refractivity contribution in [2.45, 2.75) is 32.2 Å². The minimum absolute atomic E-state index is 0. The second-order valence-corrected chi connectivity index (χ2v) is 7.33. The summed E-state index contributed by atoms with van der Waals surface area (Å²) in [5, 5.41) is 3.52. The second-order valence-electron chi connectivity index (χ2n) is 6.42. The fourth-order valence-corrected chi connectivity index (χ4v) is 3.84. The Morgan fingerprint density at radius 3 is 2.75 bits per heavy atom. The summed E-state index contributed by atoms with van der Waals surface area (Å²) in [5.74, 6) is 0. The third-order valence-electron chi connectivity index (χ3n) is 4.66. The van der Waals surface area contributed by atoms with Gasteiger partial charge in [0.05, 0.1) is 0 Å². The molecule has 2 nitrogen and oxygen atoms in total. The molecule has 2 atom stereocenters. The van der Waals surface area contributed by atoms with Crippen molar-refractivity contribution in [2.75, 3.05) is 26.2 Å². The van der Waals surface area contributed by atoms with Gasteiger partial charge in [-0.25, -0.2) is 0 Å². The zero-order valence-electron chi connectivity index (χ0n) is 12.1. The third-order valence-corrected chi connectivity index (χ3v) is 5.19. The minimum Gasteiger partial charge on any atom is -0.316 e. The lowest BCUT2D eigenvalue weighted by molar-refractivity contribution is 0.165. The predicted octanol–water partition coefficient (Wildman–Crippen LogP) is 4.01. The van der Waals surface area contributed by atoms with Crippen LogP contribution in [0.5, 0.6) is 0 Å². The third kappa shape index (κ3) is 3.56. The van der Waals surface area contributed by atoms with Crippen LogP contribution in [-0.4, -0.2) is 31.1 Å². The maximum Gasteiger partial charge on any atom is 0.0348 e. The average molecular weight is 360 g/mol. The number of rotatable bonds is 3. The number of halogens is 2. The molecule has 2 aliphatic heterocycles. The van der Waals surface area contributed by atoms with E-state index in [0.29, 0.717) is 11.5 Å². The lowest BCUT2D eigenvalue weighted by Crippen LogP contribution is -2.37. The van der Waals surface area contributed by atoms with Crippen molar-refractivity contribution < 1.29 is 0 Å². The Morgan fingerprint density at radius 1 is 1.35 bits per heavy atom. The first kappa shape index (κ1) is 16.3. The summed E-state index contributed by atoms with van der Waals surface area (Å²) in [6.07, 6.45) is 3.96. The second kappa shape index (κ2) is 6.78. The van der Waals surface area contributed by atoms with Gasteiger partial charge in [0.25, 0.3) is 0 Å². The quantitative estimate of drug-likeness (QED) is 0.877. The molecule has 2 heterocycles. The summed E-state index contributed by atoms with van der Waals surface area (Å²) >= 11 is 3.53. The largest absolute Gasteiger partial charge is 0.316 e. The molecule has 2 saturated heterocycles. The summed E-state index contributed by atoms with van der Waals surface area (Å²) in [6.45, 7) is 7.30. The summed E-state index contributed by atoms with van der Waals surface area (Å²) in [6, 6.07) is 9.53. The van der Waals surface area contributed by atoms with Crippen molar-refractivity contribution in [1.29, 1.82) is 0 Å². The van der Waals surface area contributed by atoms with Crippen molar-refractivity contribution in [1.82, 2.24) is 10.2 Å². The van der Waals surface area contributed by atoms with Crippen LogP contribution in [0.3, 0.4) is 0 Å². The molecule has 112 valence electrons. The number of nitrogens with zero attached hydrogens (tertiary/aromatic N) is 1. The lowest BCUT2D eigenvalue weighted by Gasteiger charge is -2.33. The summed E-state index contributed by atoms with van der Waals surface area (Å²) < 4.78 is 1.17. The van der Waals surface area contributed by atoms with Crippen molar-refractivity contribution in [3.8, 4) is 0 Å². The first-order chi connectivity index (χ1) is 9.16. The molecule has 0 aromatic heterocycles. The van der Waals surface area contributed by atoms with E-state index in [-0.39, 0.29) is 12.4 Å². The normalized spacial score (nSPS) is 30.4. The minimum atomic E-state index is 0. The van der Waals surface area contributed by atoms with Crippen molar-refractivity contribution >= 4 is 28.3 Å². The molecule has 0 spiro atoms. The van der Waals surface area contributed by atoms with Crippen LogP contribution in [0, 0.1) is 5.41 Å². The molecule has 4 heteroatoms. The molecule has 2 fully saturated rings. The van der Waals surface area contributed by atoms with Crippen molar-refractivity contribution in [3.05, 3.63) is 34.3 Å². The molecule has 0 radical (unpaired) electrons. The van der Waals surface area contributed by atoms with E-state index in [1.165, 1.54) is 55.5 Å². The highest BCUT2D eigenvalue weighted by atomic mass is 79.9. The molecule has 1 N–H and O–H groups in total. The van der Waals surface area contributed by atoms with Gasteiger partial charge in [0.1, 0.15) is 0 Å². The Kier molecular flexibility index (Phi) is 5.52. The van der Waals surface area contributed by atoms with Crippen LogP contribution >= 0.6 is 28.3 Å². The Labute approximate surface area is 136 Å². The summed E-state index contributed by atoms with van der Waals surface area (Å²) in [7, 11) is 0. The van der Waals surface area contributed by atoms with E-state index < -0.39 is 0 Å². The van der Waals surface area contributed by atoms with Crippen LogP contribution in [0.1, 0.15) is 37.8 Å². The van der Waals surface area contributed by atoms with Gasteiger partial charge in [0, 0.05) is 23.6 Å². The highest BCUT2D eigenvalue weighted by molar-refractivity contribution is 9.10. The number of likely N-dealkylation sites (tertiary alicyclic amines) is 1. The van der Waals surface area contributed by atoms with Gasteiger partial charge in [-0.05, 0) is 55.5 Å². The molecule has 1 aromatic rings. The zero-order valence-corrected chi connectivity index (χ0v) is 14.5. The van der Waals surface area contributed by atoms with E-state index in [9.17, 15) is 0 Å². The maximum atomic E-state index is 3.53. The van der Waals surface area contributed by atoms with Crippen LogP contribution in [0.25, 0.3) is 0 Å². The Balaban J connectivity index is 0.00000147. The van der Waals surface area contributed by atoms with Crippen LogP contribution in [-0.2, 0) is 0 Å². The average Bonchev–Trinajstić information content (AvgIpc) is 3.00. The molecule has 0 saturated carbocycles. The van der Waals surface area contributed by atoms with Crippen molar-refractivity contribution in [2.24, 2.45) is 5.41 Å². The molecule has 20 heavy (non-hydrogen) atoms. The van der Waals surface area contributed by atoms with Gasteiger partial charge < -0.3 is 5.32 Å². The smallest absolute Gasteiger partial charge is 0.0348 e. The standard InChI is InChI=1S/C16H23BrN2.ClH/c1-16(8-9-18-11-16)12-19-10-2-3-15(19)13-4-6-14(17)7-5-13;/h4-7,15,18H,2-3,8-12H2,1H3;1H. The zero-order chi connectivity index (χ0) is 13.3. The Bertz CT molecular complexity index is 429. The van der Waals surface area contributed by atoms with Crippen molar-refractivity contribution in [3.63, 3.8) is 0 Å². The Hall–Kier alpha value is -0.0900. The molecular formula is C16H24BrClN2. The van der Waals surface area contributed by atoms with Crippen LogP contribution < -0.4 is 5.32 Å². The Morgan fingerprint density at radius 2 is 2.10 bits per heavy atom. The SMILES string of the molecule is CC1(CN2CCCC2c2ccc(Br)cc2)CCNC1.Cl. The van der Waals surface area contributed by atoms with E-state index in [4.69, 9.17) is 0 Å². The van der Waals surface area contributed by atoms with Crippen LogP contribution in [0.4, 0.5) is 0 Å². The van der Waals surface area contributed by atoms with E-state index in [0.717, 1.165) is 0 Å². The molecule has 1 aromatic carbocycles. The molecule has 3 rings (SSSR count). The van der Waals surface area contributed by atoms with Crippen LogP contribution in [0.2, 0.25) is 0 Å². The molecule has 0 amide bonds. The van der Waals surface area contributed by atoms with E-state index in [1.807, 2.05) is 0 Å². The van der Waals surface area contributed by atoms with E-state index in [1.54, 1.807) is 0 Å². The van der Waals surface area contributed by atoms with Gasteiger partial charge in [0.15, 0.2) is 0 Å². The molecular weight excluding hydrogens is 336 g/mol. The van der Waals surface area contributed by atoms with Gasteiger partial charge in [-0.15, -0.1) is 12.4 Å². The van der Waals surface area contributed by atoms with Gasteiger partial charge in [-0.3, -0.25) is 4.90 Å².